The lowest BCUT2D eigenvalue weighted by atomic mass is 10.0. The molecule has 1 aromatic carbocycles. The van der Waals surface area contributed by atoms with Crippen LogP contribution >= 0.6 is 0 Å². The second kappa shape index (κ2) is 5.82. The third-order valence-corrected chi connectivity index (χ3v) is 3.45. The first-order valence-electron chi connectivity index (χ1n) is 6.49. The van der Waals surface area contributed by atoms with Crippen molar-refractivity contribution in [1.29, 1.82) is 0 Å². The van der Waals surface area contributed by atoms with Crippen molar-refractivity contribution in [3.05, 3.63) is 23.8 Å². The van der Waals surface area contributed by atoms with Gasteiger partial charge in [0.2, 0.25) is 5.91 Å². The number of hydrogen-bond donors (Lipinski definition) is 2. The van der Waals surface area contributed by atoms with Crippen molar-refractivity contribution >= 4 is 23.4 Å². The summed E-state index contributed by atoms with van der Waals surface area (Å²) in [4.78, 5) is 36.5. The van der Waals surface area contributed by atoms with Crippen molar-refractivity contribution in [2.24, 2.45) is 0 Å². The minimum atomic E-state index is -0.691. The molecule has 1 unspecified atom stereocenters. The van der Waals surface area contributed by atoms with E-state index in [0.29, 0.717) is 23.4 Å². The Labute approximate surface area is 122 Å². The second-order valence-electron chi connectivity index (χ2n) is 4.81. The molecule has 1 aromatic rings. The Morgan fingerprint density at radius 1 is 1.43 bits per heavy atom. The van der Waals surface area contributed by atoms with Crippen molar-refractivity contribution in [3.8, 4) is 5.75 Å². The number of rotatable bonds is 3. The normalized spacial score (nSPS) is 18.6. The number of benzene rings is 1. The highest BCUT2D eigenvalue weighted by atomic mass is 16.5. The highest BCUT2D eigenvalue weighted by Gasteiger charge is 2.32. The number of nitrogens with two attached hydrogens (primary N) is 1. The lowest BCUT2D eigenvalue weighted by Gasteiger charge is -2.28. The van der Waals surface area contributed by atoms with Gasteiger partial charge in [0.05, 0.1) is 12.8 Å². The van der Waals surface area contributed by atoms with Gasteiger partial charge in [0.15, 0.2) is 0 Å². The molecule has 2 rings (SSSR count). The maximum absolute atomic E-state index is 12.2. The molecule has 1 heterocycles. The quantitative estimate of drug-likeness (QED) is 0.610. The molecule has 1 aliphatic heterocycles. The van der Waals surface area contributed by atoms with E-state index in [1.165, 1.54) is 20.2 Å². The standard InChI is InChI=1S/C14H17N3O4/c1-17-12(18)6-5-10(14(17)20)16-13(19)8-3-4-9(15)11(7-8)21-2/h3-4,7,10H,5-6,15H2,1-2H3,(H,16,19). The Balaban J connectivity index is 2.11. The summed E-state index contributed by atoms with van der Waals surface area (Å²) in [7, 11) is 2.87. The van der Waals surface area contributed by atoms with E-state index in [9.17, 15) is 14.4 Å². The molecule has 7 heteroatoms. The highest BCUT2D eigenvalue weighted by Crippen LogP contribution is 2.22. The van der Waals surface area contributed by atoms with Gasteiger partial charge in [-0.05, 0) is 24.6 Å². The molecule has 0 radical (unpaired) electrons. The predicted molar refractivity (Wildman–Crippen MR) is 75.7 cm³/mol. The molecule has 7 nitrogen and oxygen atoms in total. The van der Waals surface area contributed by atoms with E-state index in [0.717, 1.165) is 4.90 Å². The van der Waals surface area contributed by atoms with Crippen molar-refractivity contribution in [2.45, 2.75) is 18.9 Å². The first-order valence-corrected chi connectivity index (χ1v) is 6.49. The van der Waals surface area contributed by atoms with Crippen molar-refractivity contribution in [1.82, 2.24) is 10.2 Å². The number of carbonyl (C=O) groups is 3. The third kappa shape index (κ3) is 2.96. The summed E-state index contributed by atoms with van der Waals surface area (Å²) >= 11 is 0. The monoisotopic (exact) mass is 291 g/mol. The van der Waals surface area contributed by atoms with Crippen LogP contribution in [-0.4, -0.2) is 42.8 Å². The average Bonchev–Trinajstić information content (AvgIpc) is 2.48. The number of nitrogen functional groups attached to an aromatic ring is 1. The molecule has 0 aliphatic carbocycles. The van der Waals surface area contributed by atoms with Crippen LogP contribution in [0.4, 0.5) is 5.69 Å². The van der Waals surface area contributed by atoms with E-state index in [1.807, 2.05) is 0 Å². The molecule has 112 valence electrons. The van der Waals surface area contributed by atoms with Crippen LogP contribution in [0.15, 0.2) is 18.2 Å². The Morgan fingerprint density at radius 2 is 2.14 bits per heavy atom. The largest absolute Gasteiger partial charge is 0.495 e. The van der Waals surface area contributed by atoms with Gasteiger partial charge < -0.3 is 15.8 Å². The Bertz CT molecular complexity index is 600. The molecule has 0 aromatic heterocycles. The molecule has 1 aliphatic rings. The van der Waals surface area contributed by atoms with Gasteiger partial charge in [-0.2, -0.15) is 0 Å². The van der Waals surface area contributed by atoms with Gasteiger partial charge in [-0.25, -0.2) is 0 Å². The fourth-order valence-electron chi connectivity index (χ4n) is 2.14. The summed E-state index contributed by atoms with van der Waals surface area (Å²) in [6.07, 6.45) is 0.540. The van der Waals surface area contributed by atoms with Gasteiger partial charge in [-0.3, -0.25) is 19.3 Å². The maximum Gasteiger partial charge on any atom is 0.252 e. The Kier molecular flexibility index (Phi) is 4.11. The molecular weight excluding hydrogens is 274 g/mol. The summed E-state index contributed by atoms with van der Waals surface area (Å²) < 4.78 is 5.05. The number of piperidine rings is 1. The number of amides is 3. The summed E-state index contributed by atoms with van der Waals surface area (Å²) in [5, 5.41) is 2.63. The number of nitrogens with one attached hydrogen (secondary N) is 1. The van der Waals surface area contributed by atoms with E-state index < -0.39 is 17.9 Å². The van der Waals surface area contributed by atoms with Crippen LogP contribution in [0.5, 0.6) is 5.75 Å². The molecule has 3 amide bonds. The van der Waals surface area contributed by atoms with Crippen LogP contribution in [-0.2, 0) is 9.59 Å². The first-order chi connectivity index (χ1) is 9.93. The zero-order valence-electron chi connectivity index (χ0n) is 11.9. The molecule has 0 saturated carbocycles. The number of methoxy groups -OCH3 is 1. The number of likely N-dealkylation sites (tertiary alicyclic amines) is 1. The van der Waals surface area contributed by atoms with Crippen molar-refractivity contribution in [2.75, 3.05) is 19.9 Å². The van der Waals surface area contributed by atoms with E-state index >= 15 is 0 Å². The predicted octanol–water partition coefficient (Wildman–Crippen LogP) is 0.155. The van der Waals surface area contributed by atoms with E-state index in [4.69, 9.17) is 10.5 Å². The summed E-state index contributed by atoms with van der Waals surface area (Å²) in [5.74, 6) is -0.652. The molecule has 1 atom stereocenters. The van der Waals surface area contributed by atoms with Gasteiger partial charge in [0.1, 0.15) is 11.8 Å². The van der Waals surface area contributed by atoms with E-state index in [-0.39, 0.29) is 12.3 Å². The molecule has 1 saturated heterocycles. The first kappa shape index (κ1) is 14.8. The summed E-state index contributed by atoms with van der Waals surface area (Å²) in [6.45, 7) is 0. The highest BCUT2D eigenvalue weighted by molar-refractivity contribution is 6.03. The Hall–Kier alpha value is -2.57. The number of carbonyl (C=O) groups excluding carboxylic acids is 3. The topological polar surface area (TPSA) is 102 Å². The van der Waals surface area contributed by atoms with Gasteiger partial charge in [0.25, 0.3) is 11.8 Å². The summed E-state index contributed by atoms with van der Waals surface area (Å²) in [5.41, 5.74) is 6.45. The van der Waals surface area contributed by atoms with Gasteiger partial charge >= 0.3 is 0 Å². The van der Waals surface area contributed by atoms with E-state index in [2.05, 4.69) is 5.32 Å². The molecule has 1 fully saturated rings. The SMILES string of the molecule is COc1cc(C(=O)NC2CCC(=O)N(C)C2=O)ccc1N. The zero-order valence-corrected chi connectivity index (χ0v) is 11.9. The van der Waals surface area contributed by atoms with Crippen molar-refractivity contribution in [3.63, 3.8) is 0 Å². The number of nitrogens with zero attached hydrogens (tertiary/aromatic N) is 1. The minimum Gasteiger partial charge on any atom is -0.495 e. The van der Waals surface area contributed by atoms with Crippen LogP contribution < -0.4 is 15.8 Å². The molecule has 3 N–H and O–H groups in total. The van der Waals surface area contributed by atoms with E-state index in [1.54, 1.807) is 12.1 Å². The van der Waals surface area contributed by atoms with Gasteiger partial charge in [0, 0.05) is 19.0 Å². The van der Waals surface area contributed by atoms with Gasteiger partial charge in [-0.15, -0.1) is 0 Å². The molecule has 0 spiro atoms. The number of ether oxygens (including phenoxy) is 1. The number of hydrogen-bond acceptors (Lipinski definition) is 5. The maximum atomic E-state index is 12.2. The fraction of sp³-hybridized carbons (Fsp3) is 0.357. The Morgan fingerprint density at radius 3 is 2.81 bits per heavy atom. The number of likely N-dealkylation sites (N-methyl/N-ethyl adjacent to an activating group) is 1. The van der Waals surface area contributed by atoms with Crippen LogP contribution in [0.1, 0.15) is 23.2 Å². The average molecular weight is 291 g/mol. The smallest absolute Gasteiger partial charge is 0.252 e. The lowest BCUT2D eigenvalue weighted by molar-refractivity contribution is -0.147. The number of imide groups is 1. The van der Waals surface area contributed by atoms with Crippen LogP contribution in [0.3, 0.4) is 0 Å². The zero-order chi connectivity index (χ0) is 15.6. The van der Waals surface area contributed by atoms with Crippen LogP contribution in [0.2, 0.25) is 0 Å². The molecule has 0 bridgehead atoms. The van der Waals surface area contributed by atoms with Crippen LogP contribution in [0, 0.1) is 0 Å². The number of anilines is 1. The van der Waals surface area contributed by atoms with Crippen molar-refractivity contribution < 1.29 is 19.1 Å². The van der Waals surface area contributed by atoms with Gasteiger partial charge in [-0.1, -0.05) is 0 Å². The fourth-order valence-corrected chi connectivity index (χ4v) is 2.14. The summed E-state index contributed by atoms with van der Waals surface area (Å²) in [6, 6.07) is 3.93. The second-order valence-corrected chi connectivity index (χ2v) is 4.81. The van der Waals surface area contributed by atoms with Crippen LogP contribution in [0.25, 0.3) is 0 Å². The third-order valence-electron chi connectivity index (χ3n) is 3.45. The molecular formula is C14H17N3O4. The molecule has 21 heavy (non-hydrogen) atoms. The lowest BCUT2D eigenvalue weighted by Crippen LogP contribution is -2.52. The minimum absolute atomic E-state index is 0.234.